The molecule has 6 nitrogen and oxygen atoms in total. The van der Waals surface area contributed by atoms with Crippen molar-refractivity contribution in [1.29, 1.82) is 0 Å². The second-order valence-corrected chi connectivity index (χ2v) is 7.17. The second-order valence-electron chi connectivity index (χ2n) is 7.17. The highest BCUT2D eigenvalue weighted by molar-refractivity contribution is 5.97. The van der Waals surface area contributed by atoms with Gasteiger partial charge in [0, 0.05) is 34.5 Å². The lowest BCUT2D eigenvalue weighted by molar-refractivity contribution is 0.0697. The number of aromatic nitrogens is 4. The van der Waals surface area contributed by atoms with Crippen LogP contribution in [-0.2, 0) is 0 Å². The SMILES string of the molecule is Cc1cc(C(=O)O)cc(-c2nc(-c3ccccc3)[nH]c2-c2ccnc3[nH]ccc23)c1. The van der Waals surface area contributed by atoms with Crippen molar-refractivity contribution in [1.82, 2.24) is 19.9 Å². The predicted octanol–water partition coefficient (Wildman–Crippen LogP) is 5.29. The number of imidazole rings is 1. The summed E-state index contributed by atoms with van der Waals surface area (Å²) < 4.78 is 0. The summed E-state index contributed by atoms with van der Waals surface area (Å²) in [5.41, 5.74) is 6.06. The standard InChI is InChI=1S/C24H18N4O2/c1-14-11-16(13-17(12-14)24(29)30)20-21(18-7-9-25-23-19(18)8-10-26-23)28-22(27-20)15-5-3-2-4-6-15/h2-13H,1H3,(H,25,26)(H,27,28)(H,29,30). The van der Waals surface area contributed by atoms with Crippen LogP contribution in [-0.4, -0.2) is 31.0 Å². The van der Waals surface area contributed by atoms with E-state index in [1.807, 2.05) is 61.7 Å². The average molecular weight is 394 g/mol. The third kappa shape index (κ3) is 3.04. The molecule has 0 bridgehead atoms. The number of benzene rings is 2. The molecule has 146 valence electrons. The van der Waals surface area contributed by atoms with E-state index in [1.165, 1.54) is 0 Å². The van der Waals surface area contributed by atoms with E-state index in [1.54, 1.807) is 18.3 Å². The molecule has 0 saturated heterocycles. The highest BCUT2D eigenvalue weighted by atomic mass is 16.4. The lowest BCUT2D eigenvalue weighted by atomic mass is 10.00. The van der Waals surface area contributed by atoms with Gasteiger partial charge >= 0.3 is 5.97 Å². The normalized spacial score (nSPS) is 11.1. The van der Waals surface area contributed by atoms with Gasteiger partial charge in [-0.15, -0.1) is 0 Å². The number of H-pyrrole nitrogens is 2. The molecular weight excluding hydrogens is 376 g/mol. The fourth-order valence-corrected chi connectivity index (χ4v) is 3.73. The van der Waals surface area contributed by atoms with Gasteiger partial charge in [-0.05, 0) is 42.8 Å². The highest BCUT2D eigenvalue weighted by Crippen LogP contribution is 2.36. The van der Waals surface area contributed by atoms with Gasteiger partial charge in [-0.3, -0.25) is 0 Å². The molecule has 3 aromatic heterocycles. The largest absolute Gasteiger partial charge is 0.478 e. The molecule has 0 aliphatic heterocycles. The van der Waals surface area contributed by atoms with Crippen LogP contribution in [0, 0.1) is 6.92 Å². The Morgan fingerprint density at radius 1 is 1.00 bits per heavy atom. The Hall–Kier alpha value is -4.19. The summed E-state index contributed by atoms with van der Waals surface area (Å²) in [5, 5.41) is 10.5. The molecule has 30 heavy (non-hydrogen) atoms. The molecule has 0 aliphatic rings. The summed E-state index contributed by atoms with van der Waals surface area (Å²) >= 11 is 0. The molecule has 5 aromatic rings. The smallest absolute Gasteiger partial charge is 0.335 e. The molecular formula is C24H18N4O2. The van der Waals surface area contributed by atoms with Gasteiger partial charge in [0.05, 0.1) is 17.0 Å². The van der Waals surface area contributed by atoms with E-state index < -0.39 is 5.97 Å². The van der Waals surface area contributed by atoms with Crippen molar-refractivity contribution in [2.45, 2.75) is 6.92 Å². The van der Waals surface area contributed by atoms with E-state index in [0.29, 0.717) is 5.69 Å². The maximum absolute atomic E-state index is 11.6. The molecule has 6 heteroatoms. The molecule has 0 radical (unpaired) electrons. The van der Waals surface area contributed by atoms with Crippen molar-refractivity contribution >= 4 is 17.0 Å². The third-order valence-electron chi connectivity index (χ3n) is 5.08. The Morgan fingerprint density at radius 3 is 2.63 bits per heavy atom. The van der Waals surface area contributed by atoms with Crippen LogP contribution in [0.3, 0.4) is 0 Å². The van der Waals surface area contributed by atoms with Gasteiger partial charge in [0.2, 0.25) is 0 Å². The number of fused-ring (bicyclic) bond motifs is 1. The molecule has 0 aliphatic carbocycles. The fourth-order valence-electron chi connectivity index (χ4n) is 3.73. The Morgan fingerprint density at radius 2 is 1.83 bits per heavy atom. The van der Waals surface area contributed by atoms with Crippen LogP contribution in [0.2, 0.25) is 0 Å². The van der Waals surface area contributed by atoms with Crippen LogP contribution in [0.4, 0.5) is 0 Å². The van der Waals surface area contributed by atoms with E-state index in [9.17, 15) is 9.90 Å². The average Bonchev–Trinajstić information content (AvgIpc) is 3.41. The van der Waals surface area contributed by atoms with Gasteiger partial charge in [0.25, 0.3) is 0 Å². The lowest BCUT2D eigenvalue weighted by Crippen LogP contribution is -1.98. The number of aromatic amines is 2. The summed E-state index contributed by atoms with van der Waals surface area (Å²) in [6.07, 6.45) is 3.60. The van der Waals surface area contributed by atoms with Crippen molar-refractivity contribution in [3.63, 3.8) is 0 Å². The van der Waals surface area contributed by atoms with Gasteiger partial charge in [-0.1, -0.05) is 30.3 Å². The predicted molar refractivity (Wildman–Crippen MR) is 116 cm³/mol. The number of rotatable bonds is 4. The minimum atomic E-state index is -0.961. The number of carboxylic acid groups (broad SMARTS) is 1. The van der Waals surface area contributed by atoms with Gasteiger partial charge in [-0.2, -0.15) is 0 Å². The zero-order valence-corrected chi connectivity index (χ0v) is 16.2. The third-order valence-corrected chi connectivity index (χ3v) is 5.08. The van der Waals surface area contributed by atoms with E-state index in [-0.39, 0.29) is 5.56 Å². The lowest BCUT2D eigenvalue weighted by Gasteiger charge is -2.07. The van der Waals surface area contributed by atoms with Crippen LogP contribution < -0.4 is 0 Å². The van der Waals surface area contributed by atoms with Crippen molar-refractivity contribution in [2.24, 2.45) is 0 Å². The number of pyridine rings is 1. The quantitative estimate of drug-likeness (QED) is 0.386. The number of carbonyl (C=O) groups is 1. The Bertz CT molecular complexity index is 1380. The molecule has 3 heterocycles. The molecule has 3 N–H and O–H groups in total. The van der Waals surface area contributed by atoms with Crippen LogP contribution in [0.1, 0.15) is 15.9 Å². The maximum Gasteiger partial charge on any atom is 0.335 e. The first-order valence-corrected chi connectivity index (χ1v) is 9.53. The first kappa shape index (κ1) is 17.9. The van der Waals surface area contributed by atoms with Crippen LogP contribution in [0.25, 0.3) is 44.9 Å². The topological polar surface area (TPSA) is 94.7 Å². The molecule has 0 spiro atoms. The Labute approximate surface area is 172 Å². The number of aromatic carboxylic acids is 1. The highest BCUT2D eigenvalue weighted by Gasteiger charge is 2.19. The number of hydrogen-bond acceptors (Lipinski definition) is 3. The first-order valence-electron chi connectivity index (χ1n) is 9.53. The summed E-state index contributed by atoms with van der Waals surface area (Å²) in [6.45, 7) is 1.89. The second kappa shape index (κ2) is 7.00. The molecule has 5 rings (SSSR count). The number of nitrogens with zero attached hydrogens (tertiary/aromatic N) is 2. The summed E-state index contributed by atoms with van der Waals surface area (Å²) in [5.74, 6) is -0.239. The summed E-state index contributed by atoms with van der Waals surface area (Å²) in [7, 11) is 0. The summed E-state index contributed by atoms with van der Waals surface area (Å²) in [4.78, 5) is 27.5. The van der Waals surface area contributed by atoms with Crippen molar-refractivity contribution in [3.05, 3.63) is 84.2 Å². The molecule has 2 aromatic carbocycles. The van der Waals surface area contributed by atoms with Gasteiger partial charge in [0.1, 0.15) is 11.5 Å². The summed E-state index contributed by atoms with van der Waals surface area (Å²) in [6, 6.07) is 19.1. The minimum Gasteiger partial charge on any atom is -0.478 e. The van der Waals surface area contributed by atoms with Crippen LogP contribution in [0.5, 0.6) is 0 Å². The molecule has 0 unspecified atom stereocenters. The number of carboxylic acids is 1. The molecule has 0 saturated carbocycles. The molecule has 0 amide bonds. The zero-order chi connectivity index (χ0) is 20.7. The van der Waals surface area contributed by atoms with E-state index >= 15 is 0 Å². The van der Waals surface area contributed by atoms with Gasteiger partial charge in [0.15, 0.2) is 0 Å². The van der Waals surface area contributed by atoms with Gasteiger partial charge in [-0.25, -0.2) is 14.8 Å². The van der Waals surface area contributed by atoms with Crippen molar-refractivity contribution in [3.8, 4) is 33.9 Å². The molecule has 0 fully saturated rings. The van der Waals surface area contributed by atoms with E-state index in [2.05, 4.69) is 15.0 Å². The van der Waals surface area contributed by atoms with E-state index in [4.69, 9.17) is 4.98 Å². The number of hydrogen-bond donors (Lipinski definition) is 3. The zero-order valence-electron chi connectivity index (χ0n) is 16.2. The van der Waals surface area contributed by atoms with E-state index in [0.717, 1.165) is 44.8 Å². The Kier molecular flexibility index (Phi) is 4.17. The monoisotopic (exact) mass is 394 g/mol. The van der Waals surface area contributed by atoms with Gasteiger partial charge < -0.3 is 15.1 Å². The Balaban J connectivity index is 1.79. The fraction of sp³-hybridized carbons (Fsp3) is 0.0417. The number of aryl methyl sites for hydroxylation is 1. The number of nitrogens with one attached hydrogen (secondary N) is 2. The molecule has 0 atom stereocenters. The minimum absolute atomic E-state index is 0.238. The van der Waals surface area contributed by atoms with Crippen LogP contribution in [0.15, 0.2) is 73.1 Å². The maximum atomic E-state index is 11.6. The van der Waals surface area contributed by atoms with Crippen molar-refractivity contribution < 1.29 is 9.90 Å². The van der Waals surface area contributed by atoms with Crippen LogP contribution >= 0.6 is 0 Å². The first-order chi connectivity index (χ1) is 14.6. The van der Waals surface area contributed by atoms with Crippen molar-refractivity contribution in [2.75, 3.05) is 0 Å².